The van der Waals surface area contributed by atoms with Gasteiger partial charge >= 0.3 is 0 Å². The zero-order valence-electron chi connectivity index (χ0n) is 40.2. The largest absolute Gasteiger partial charge is 0.351 e. The molecule has 3 aliphatic heterocycles. The molecule has 8 amide bonds. The molecule has 77 heavy (non-hydrogen) atoms. The summed E-state index contributed by atoms with van der Waals surface area (Å²) in [5.74, 6) is -5.94. The van der Waals surface area contributed by atoms with Crippen LogP contribution in [0.3, 0.4) is 0 Å². The molecular weight excluding hydrogens is 1000 g/mol. The minimum Gasteiger partial charge on any atom is -0.351 e. The highest BCUT2D eigenvalue weighted by molar-refractivity contribution is 6.37. The lowest BCUT2D eigenvalue weighted by Crippen LogP contribution is -2.44. The van der Waals surface area contributed by atoms with Crippen molar-refractivity contribution in [1.29, 1.82) is 0 Å². The first-order valence-electron chi connectivity index (χ1n) is 23.9. The summed E-state index contributed by atoms with van der Waals surface area (Å²) in [6, 6.07) is 25.0. The smallest absolute Gasteiger partial charge is 0.282 e. The maximum Gasteiger partial charge on any atom is 0.282 e. The Morgan fingerprint density at radius 2 is 0.922 bits per heavy atom. The van der Waals surface area contributed by atoms with E-state index >= 15 is 0 Å². The zero-order chi connectivity index (χ0) is 54.4. The van der Waals surface area contributed by atoms with E-state index in [2.05, 4.69) is 21.3 Å². The fraction of sp³-hybridized carbons (Fsp3) is 0.170. The van der Waals surface area contributed by atoms with Gasteiger partial charge < -0.3 is 21.3 Å². The summed E-state index contributed by atoms with van der Waals surface area (Å²) in [5, 5.41) is 48.8. The Hall–Kier alpha value is -10.2. The van der Waals surface area contributed by atoms with Crippen molar-refractivity contribution in [2.45, 2.75) is 6.42 Å². The molecule has 24 nitrogen and oxygen atoms in total. The molecule has 0 spiro atoms. The Balaban J connectivity index is 0.799. The van der Waals surface area contributed by atoms with Gasteiger partial charge in [0.1, 0.15) is 5.56 Å². The van der Waals surface area contributed by atoms with Crippen LogP contribution in [0.15, 0.2) is 109 Å². The molecule has 0 radical (unpaired) electrons. The second-order valence-electron chi connectivity index (χ2n) is 18.0. The van der Waals surface area contributed by atoms with Gasteiger partial charge in [-0.25, -0.2) is 4.90 Å². The highest BCUT2D eigenvalue weighted by Gasteiger charge is 2.40. The Kier molecular flexibility index (Phi) is 13.2. The molecule has 7 aromatic rings. The lowest BCUT2D eigenvalue weighted by atomic mass is 9.92. The third kappa shape index (κ3) is 9.07. The van der Waals surface area contributed by atoms with Crippen LogP contribution in [-0.2, 0) is 0 Å². The van der Waals surface area contributed by atoms with Gasteiger partial charge in [0.05, 0.1) is 31.6 Å². The normalized spacial score (nSPS) is 13.7. The van der Waals surface area contributed by atoms with Crippen LogP contribution >= 0.6 is 0 Å². The van der Waals surface area contributed by atoms with Gasteiger partial charge in [-0.15, -0.1) is 0 Å². The number of rotatable bonds is 19. The van der Waals surface area contributed by atoms with Crippen LogP contribution in [0.5, 0.6) is 0 Å². The molecule has 0 unspecified atom stereocenters. The third-order valence-electron chi connectivity index (χ3n) is 13.4. The van der Waals surface area contributed by atoms with Crippen LogP contribution in [0, 0.1) is 30.3 Å². The van der Waals surface area contributed by atoms with Gasteiger partial charge in [-0.3, -0.25) is 78.5 Å². The lowest BCUT2D eigenvalue weighted by molar-refractivity contribution is -0.385. The maximum atomic E-state index is 14.3. The molecule has 7 aromatic carbocycles. The second-order valence-corrected chi connectivity index (χ2v) is 18.0. The van der Waals surface area contributed by atoms with Crippen LogP contribution < -0.4 is 26.2 Å². The maximum absolute atomic E-state index is 14.3. The van der Waals surface area contributed by atoms with E-state index in [0.717, 1.165) is 28.0 Å². The number of nitro benzene ring substituents is 3. The number of hydrogen-bond acceptors (Lipinski definition) is 16. The molecule has 3 aliphatic rings. The Labute approximate surface area is 433 Å². The average molecular weight is 1040 g/mol. The molecule has 0 atom stereocenters. The fourth-order valence-electron chi connectivity index (χ4n) is 9.91. The molecule has 4 N–H and O–H groups in total. The minimum absolute atomic E-state index is 0.00322. The summed E-state index contributed by atoms with van der Waals surface area (Å²) in [5.41, 5.74) is -1.65. The Morgan fingerprint density at radius 1 is 0.442 bits per heavy atom. The summed E-state index contributed by atoms with van der Waals surface area (Å²) in [7, 11) is 0. The van der Waals surface area contributed by atoms with Crippen LogP contribution in [0.1, 0.15) is 89.3 Å². The number of non-ortho nitro benzene ring substituents is 2. The fourth-order valence-corrected chi connectivity index (χ4v) is 9.91. The van der Waals surface area contributed by atoms with E-state index in [4.69, 9.17) is 0 Å². The highest BCUT2D eigenvalue weighted by Crippen LogP contribution is 2.39. The summed E-state index contributed by atoms with van der Waals surface area (Å²) in [6.45, 7) is 0.368. The zero-order valence-corrected chi connectivity index (χ0v) is 40.2. The topological polar surface area (TPSA) is 324 Å². The van der Waals surface area contributed by atoms with Crippen molar-refractivity contribution in [3.63, 3.8) is 0 Å². The van der Waals surface area contributed by atoms with E-state index in [1.54, 1.807) is 42.5 Å². The number of anilines is 1. The van der Waals surface area contributed by atoms with E-state index < -0.39 is 67.7 Å². The Morgan fingerprint density at radius 3 is 1.44 bits per heavy atom. The van der Waals surface area contributed by atoms with Crippen molar-refractivity contribution >= 4 is 102 Å². The van der Waals surface area contributed by atoms with Gasteiger partial charge in [-0.2, -0.15) is 0 Å². The molecule has 10 rings (SSSR count). The molecule has 386 valence electrons. The van der Waals surface area contributed by atoms with E-state index in [1.807, 2.05) is 0 Å². The van der Waals surface area contributed by atoms with Crippen LogP contribution in [0.4, 0.5) is 22.7 Å². The molecule has 24 heteroatoms. The first-order valence-corrected chi connectivity index (χ1v) is 23.9. The van der Waals surface area contributed by atoms with E-state index in [9.17, 15) is 68.7 Å². The number of amides is 8. The van der Waals surface area contributed by atoms with Crippen LogP contribution in [0.2, 0.25) is 0 Å². The molecule has 0 fully saturated rings. The van der Waals surface area contributed by atoms with Crippen LogP contribution in [-0.4, -0.2) is 124 Å². The van der Waals surface area contributed by atoms with E-state index in [0.29, 0.717) is 31.8 Å². The van der Waals surface area contributed by atoms with Crippen molar-refractivity contribution in [1.82, 2.24) is 31.1 Å². The number of benzene rings is 7. The van der Waals surface area contributed by atoms with Crippen molar-refractivity contribution in [3.8, 4) is 0 Å². The SMILES string of the molecule is O=C(NCCNCCCN1C(=O)c2cccc3cc([N+](=O)[O-])cc(c23)C1=O)c1cc(C(=O)NCCNCCN2C(=O)c3cccc4cc([N+](=O)[O-])cc(c34)C2=O)cc(N2C(=O)c3cccc4ccc([N+](=O)[O-])c(c34)C2=O)c1. The van der Waals surface area contributed by atoms with Gasteiger partial charge in [0.2, 0.25) is 0 Å². The number of carbonyl (C=O) groups excluding carboxylic acids is 8. The third-order valence-corrected chi connectivity index (χ3v) is 13.4. The predicted octanol–water partition coefficient (Wildman–Crippen LogP) is 5.29. The van der Waals surface area contributed by atoms with Crippen molar-refractivity contribution in [2.75, 3.05) is 57.3 Å². The van der Waals surface area contributed by atoms with Gasteiger partial charge in [-0.05, 0) is 71.6 Å². The van der Waals surface area contributed by atoms with Crippen molar-refractivity contribution in [3.05, 3.63) is 184 Å². The first kappa shape index (κ1) is 50.3. The molecule has 0 saturated carbocycles. The summed E-state index contributed by atoms with van der Waals surface area (Å²) < 4.78 is 0. The number of nitro groups is 3. The number of nitrogens with one attached hydrogen (secondary N) is 4. The first-order chi connectivity index (χ1) is 37.0. The molecule has 0 bridgehead atoms. The standard InChI is InChI=1S/C53H40N10O14/c64-46(56-16-14-54-13-4-19-58-48(66)36-8-2-6-29-22-34(61(72)73)26-39(42(29)36)50(58)68)31-21-32(25-33(24-31)60-52(70)38-10-1-5-28-11-12-41(63(76)77)45(44(28)38)53(60)71)47(65)57-17-15-55-18-20-59-49(67)37-9-3-7-30-23-35(62(74)75)27-40(43(30)37)51(59)69/h1-3,5-12,21-27,54-55H,4,13-20H2,(H,56,64)(H,57,65). The molecular formula is C53H40N10O14. The highest BCUT2D eigenvalue weighted by atomic mass is 16.6. The van der Waals surface area contributed by atoms with Gasteiger partial charge in [0.25, 0.3) is 64.3 Å². The van der Waals surface area contributed by atoms with E-state index in [-0.39, 0.29) is 126 Å². The number of imide groups is 3. The van der Waals surface area contributed by atoms with Gasteiger partial charge in [-0.1, -0.05) is 36.4 Å². The van der Waals surface area contributed by atoms with Crippen LogP contribution in [0.25, 0.3) is 32.3 Å². The van der Waals surface area contributed by atoms with Gasteiger partial charge in [0, 0.05) is 120 Å². The number of carbonyl (C=O) groups is 8. The minimum atomic E-state index is -1.07. The quantitative estimate of drug-likeness (QED) is 0.0346. The number of hydrogen-bond donors (Lipinski definition) is 4. The molecule has 0 aromatic heterocycles. The predicted molar refractivity (Wildman–Crippen MR) is 275 cm³/mol. The lowest BCUT2D eigenvalue weighted by Gasteiger charge is -2.27. The summed E-state index contributed by atoms with van der Waals surface area (Å²) >= 11 is 0. The molecule has 3 heterocycles. The van der Waals surface area contributed by atoms with E-state index in [1.165, 1.54) is 48.5 Å². The van der Waals surface area contributed by atoms with Crippen molar-refractivity contribution in [2.24, 2.45) is 0 Å². The Bertz CT molecular complexity index is 3840. The molecule has 0 aliphatic carbocycles. The van der Waals surface area contributed by atoms with Gasteiger partial charge in [0.15, 0.2) is 0 Å². The number of nitrogens with zero attached hydrogens (tertiary/aromatic N) is 6. The monoisotopic (exact) mass is 1040 g/mol. The average Bonchev–Trinajstić information content (AvgIpc) is 3.53. The summed E-state index contributed by atoms with van der Waals surface area (Å²) in [6.07, 6.45) is 0.271. The van der Waals surface area contributed by atoms with Crippen molar-refractivity contribution < 1.29 is 53.1 Å². The summed E-state index contributed by atoms with van der Waals surface area (Å²) in [4.78, 5) is 146. The molecule has 0 saturated heterocycles. The second kappa shape index (κ2) is 20.3.